The number of hydrogen-bond acceptors (Lipinski definition) is 6. The van der Waals surface area contributed by atoms with Crippen LogP contribution in [0, 0.1) is 11.7 Å². The molecule has 0 N–H and O–H groups in total. The number of amides is 1. The summed E-state index contributed by atoms with van der Waals surface area (Å²) in [6, 6.07) is 12.8. The molecular formula is C24H24FNO6S. The van der Waals surface area contributed by atoms with Crippen LogP contribution >= 0.6 is 0 Å². The van der Waals surface area contributed by atoms with E-state index in [0.29, 0.717) is 17.9 Å². The predicted octanol–water partition coefficient (Wildman–Crippen LogP) is 4.52. The van der Waals surface area contributed by atoms with Crippen LogP contribution < -0.4 is 8.92 Å². The maximum atomic E-state index is 13.2. The summed E-state index contributed by atoms with van der Waals surface area (Å²) in [5.41, 5.74) is 0.666. The van der Waals surface area contributed by atoms with Gasteiger partial charge in [0.05, 0.1) is 19.9 Å². The van der Waals surface area contributed by atoms with Gasteiger partial charge in [0, 0.05) is 12.5 Å². The van der Waals surface area contributed by atoms with Crippen LogP contribution in [0.3, 0.4) is 0 Å². The SMILES string of the molecule is COc1ccc(CN(Cc2ccco2)C(=O)C2CCC2)cc1OS(=O)(=O)c1ccc(F)cc1. The molecule has 1 fully saturated rings. The van der Waals surface area contributed by atoms with E-state index in [0.717, 1.165) is 43.5 Å². The summed E-state index contributed by atoms with van der Waals surface area (Å²) in [6.45, 7) is 0.547. The van der Waals surface area contributed by atoms with E-state index in [4.69, 9.17) is 13.3 Å². The molecule has 0 spiro atoms. The molecule has 1 aliphatic carbocycles. The van der Waals surface area contributed by atoms with Gasteiger partial charge in [-0.2, -0.15) is 8.42 Å². The first-order chi connectivity index (χ1) is 15.9. The van der Waals surface area contributed by atoms with E-state index in [2.05, 4.69) is 0 Å². The monoisotopic (exact) mass is 473 g/mol. The second-order valence-corrected chi connectivity index (χ2v) is 9.42. The maximum absolute atomic E-state index is 13.2. The van der Waals surface area contributed by atoms with Gasteiger partial charge in [0.25, 0.3) is 0 Å². The first-order valence-electron chi connectivity index (χ1n) is 10.5. The van der Waals surface area contributed by atoms with Gasteiger partial charge in [-0.3, -0.25) is 4.79 Å². The van der Waals surface area contributed by atoms with Crippen molar-refractivity contribution in [3.05, 3.63) is 78.0 Å². The number of halogens is 1. The van der Waals surface area contributed by atoms with Crippen LogP contribution in [0.5, 0.6) is 11.5 Å². The average Bonchev–Trinajstić information content (AvgIpc) is 3.25. The molecule has 3 aromatic rings. The Hall–Kier alpha value is -3.33. The fourth-order valence-electron chi connectivity index (χ4n) is 3.59. The van der Waals surface area contributed by atoms with Crippen LogP contribution in [-0.2, 0) is 28.0 Å². The number of rotatable bonds is 9. The average molecular weight is 474 g/mol. The highest BCUT2D eigenvalue weighted by atomic mass is 32.2. The summed E-state index contributed by atoms with van der Waals surface area (Å²) >= 11 is 0. The molecular weight excluding hydrogens is 449 g/mol. The number of benzene rings is 2. The van der Waals surface area contributed by atoms with Crippen LogP contribution in [0.4, 0.5) is 4.39 Å². The second kappa shape index (κ2) is 9.66. The highest BCUT2D eigenvalue weighted by Crippen LogP contribution is 2.33. The molecule has 0 saturated heterocycles. The molecule has 0 atom stereocenters. The second-order valence-electron chi connectivity index (χ2n) is 7.88. The molecule has 1 heterocycles. The van der Waals surface area contributed by atoms with Crippen LogP contribution in [0.1, 0.15) is 30.6 Å². The molecule has 1 aromatic heterocycles. The van der Waals surface area contributed by atoms with Gasteiger partial charge in [0.15, 0.2) is 11.5 Å². The van der Waals surface area contributed by atoms with Gasteiger partial charge < -0.3 is 18.2 Å². The van der Waals surface area contributed by atoms with Crippen LogP contribution in [0.15, 0.2) is 70.2 Å². The van der Waals surface area contributed by atoms with E-state index in [1.807, 2.05) is 0 Å². The molecule has 33 heavy (non-hydrogen) atoms. The van der Waals surface area contributed by atoms with E-state index >= 15 is 0 Å². The molecule has 1 saturated carbocycles. The van der Waals surface area contributed by atoms with Gasteiger partial charge >= 0.3 is 10.1 Å². The Kier molecular flexibility index (Phi) is 6.69. The van der Waals surface area contributed by atoms with Crippen LogP contribution in [-0.4, -0.2) is 26.3 Å². The number of nitrogens with zero attached hydrogens (tertiary/aromatic N) is 1. The Labute approximate surface area is 191 Å². The molecule has 2 aromatic carbocycles. The van der Waals surface area contributed by atoms with Gasteiger partial charge in [-0.25, -0.2) is 4.39 Å². The first-order valence-corrected chi connectivity index (χ1v) is 11.9. The van der Waals surface area contributed by atoms with Crippen molar-refractivity contribution in [1.82, 2.24) is 4.90 Å². The smallest absolute Gasteiger partial charge is 0.339 e. The zero-order chi connectivity index (χ0) is 23.4. The quantitative estimate of drug-likeness (QED) is 0.425. The van der Waals surface area contributed by atoms with Crippen molar-refractivity contribution in [2.75, 3.05) is 7.11 Å². The predicted molar refractivity (Wildman–Crippen MR) is 118 cm³/mol. The summed E-state index contributed by atoms with van der Waals surface area (Å²) < 4.78 is 54.6. The lowest BCUT2D eigenvalue weighted by Gasteiger charge is -2.31. The molecule has 1 aliphatic rings. The Bertz CT molecular complexity index is 1200. The zero-order valence-corrected chi connectivity index (χ0v) is 18.9. The fourth-order valence-corrected chi connectivity index (χ4v) is 4.52. The largest absolute Gasteiger partial charge is 0.493 e. The number of methoxy groups -OCH3 is 1. The van der Waals surface area contributed by atoms with Gasteiger partial charge in [-0.15, -0.1) is 0 Å². The van der Waals surface area contributed by atoms with Crippen molar-refractivity contribution >= 4 is 16.0 Å². The molecule has 4 rings (SSSR count). The third kappa shape index (κ3) is 5.36. The maximum Gasteiger partial charge on any atom is 0.339 e. The number of carbonyl (C=O) groups is 1. The number of furan rings is 1. The van der Waals surface area contributed by atoms with E-state index in [1.54, 1.807) is 35.4 Å². The number of hydrogen-bond donors (Lipinski definition) is 0. The van der Waals surface area contributed by atoms with E-state index < -0.39 is 15.9 Å². The first kappa shape index (κ1) is 22.8. The van der Waals surface area contributed by atoms with Crippen LogP contribution in [0.2, 0.25) is 0 Å². The van der Waals surface area contributed by atoms with Gasteiger partial charge in [-0.1, -0.05) is 12.5 Å². The van der Waals surface area contributed by atoms with E-state index in [9.17, 15) is 17.6 Å². The Morgan fingerprint density at radius 2 is 1.85 bits per heavy atom. The topological polar surface area (TPSA) is 86.0 Å². The summed E-state index contributed by atoms with van der Waals surface area (Å²) in [6.07, 6.45) is 4.31. The lowest BCUT2D eigenvalue weighted by atomic mass is 9.84. The lowest BCUT2D eigenvalue weighted by molar-refractivity contribution is -0.139. The lowest BCUT2D eigenvalue weighted by Crippen LogP contribution is -2.38. The van der Waals surface area contributed by atoms with Gasteiger partial charge in [0.1, 0.15) is 16.5 Å². The molecule has 7 nitrogen and oxygen atoms in total. The molecule has 0 radical (unpaired) electrons. The fraction of sp³-hybridized carbons (Fsp3) is 0.292. The van der Waals surface area contributed by atoms with Crippen LogP contribution in [0.25, 0.3) is 0 Å². The zero-order valence-electron chi connectivity index (χ0n) is 18.1. The van der Waals surface area contributed by atoms with Crippen molar-refractivity contribution < 1.29 is 30.9 Å². The Morgan fingerprint density at radius 1 is 1.09 bits per heavy atom. The van der Waals surface area contributed by atoms with Gasteiger partial charge in [0.2, 0.25) is 5.91 Å². The standard InChI is InChI=1S/C24H24FNO6S/c1-30-22-12-7-17(14-23(22)32-33(28,29)21-10-8-19(25)9-11-21)15-26(16-20-6-3-13-31-20)24(27)18-4-2-5-18/h3,6-14,18H,2,4-5,15-16H2,1H3. The minimum Gasteiger partial charge on any atom is -0.493 e. The third-order valence-electron chi connectivity index (χ3n) is 5.60. The van der Waals surface area contributed by atoms with Gasteiger partial charge in [-0.05, 0) is 66.9 Å². The summed E-state index contributed by atoms with van der Waals surface area (Å²) in [5, 5.41) is 0. The molecule has 1 amide bonds. The highest BCUT2D eigenvalue weighted by Gasteiger charge is 2.30. The Balaban J connectivity index is 1.58. The summed E-state index contributed by atoms with van der Waals surface area (Å²) in [5.74, 6) is 0.330. The summed E-state index contributed by atoms with van der Waals surface area (Å²) in [4.78, 5) is 14.5. The van der Waals surface area contributed by atoms with E-state index in [1.165, 1.54) is 13.2 Å². The molecule has 174 valence electrons. The van der Waals surface area contributed by atoms with Crippen molar-refractivity contribution in [2.24, 2.45) is 5.92 Å². The minimum atomic E-state index is -4.22. The van der Waals surface area contributed by atoms with Crippen molar-refractivity contribution in [3.8, 4) is 11.5 Å². The molecule has 9 heteroatoms. The van der Waals surface area contributed by atoms with E-state index in [-0.39, 0.29) is 34.8 Å². The molecule has 0 bridgehead atoms. The number of ether oxygens (including phenoxy) is 1. The summed E-state index contributed by atoms with van der Waals surface area (Å²) in [7, 11) is -2.82. The Morgan fingerprint density at radius 3 is 2.45 bits per heavy atom. The third-order valence-corrected chi connectivity index (χ3v) is 6.84. The normalized spacial score (nSPS) is 13.9. The van der Waals surface area contributed by atoms with Crippen molar-refractivity contribution in [1.29, 1.82) is 0 Å². The molecule has 0 unspecified atom stereocenters. The highest BCUT2D eigenvalue weighted by molar-refractivity contribution is 7.87. The minimum absolute atomic E-state index is 0.00668. The van der Waals surface area contributed by atoms with Crippen molar-refractivity contribution in [2.45, 2.75) is 37.2 Å². The molecule has 0 aliphatic heterocycles. The number of carbonyl (C=O) groups excluding carboxylic acids is 1. The van der Waals surface area contributed by atoms with Crippen molar-refractivity contribution in [3.63, 3.8) is 0 Å².